The van der Waals surface area contributed by atoms with E-state index in [0.29, 0.717) is 31.8 Å². The van der Waals surface area contributed by atoms with Gasteiger partial charge in [-0.25, -0.2) is 4.98 Å². The number of hydrogen-bond acceptors (Lipinski definition) is 5. The largest absolute Gasteiger partial charge is 0.465 e. The quantitative estimate of drug-likeness (QED) is 0.479. The molecule has 6 nitrogen and oxygen atoms in total. The summed E-state index contributed by atoms with van der Waals surface area (Å²) in [5, 5.41) is 0. The first-order valence-electron chi connectivity index (χ1n) is 11.3. The Morgan fingerprint density at radius 1 is 1.21 bits per heavy atom. The van der Waals surface area contributed by atoms with Crippen molar-refractivity contribution in [3.05, 3.63) is 18.2 Å². The summed E-state index contributed by atoms with van der Waals surface area (Å²) in [6, 6.07) is 0. The molecule has 1 fully saturated rings. The average Bonchev–Trinajstić information content (AvgIpc) is 3.14. The lowest BCUT2D eigenvalue weighted by Gasteiger charge is -2.26. The van der Waals surface area contributed by atoms with Crippen LogP contribution in [0.3, 0.4) is 0 Å². The molecule has 1 aliphatic rings. The van der Waals surface area contributed by atoms with E-state index in [9.17, 15) is 9.59 Å². The Balaban J connectivity index is 1.98. The van der Waals surface area contributed by atoms with Crippen LogP contribution in [0.15, 0.2) is 12.5 Å². The number of carbonyl (C=O) groups is 2. The van der Waals surface area contributed by atoms with Crippen LogP contribution in [0.4, 0.5) is 0 Å². The molecule has 0 radical (unpaired) electrons. The molecule has 1 aromatic rings. The number of aryl methyl sites for hydroxylation is 1. The molecule has 0 bridgehead atoms. The molecule has 0 amide bonds. The SMILES string of the molecule is CCCCC(=O)OC[C@H](Cc1cncn1C)[C@H](CC)C(=O)OCC1CCCCC1. The van der Waals surface area contributed by atoms with Crippen LogP contribution in [0.1, 0.15) is 77.3 Å². The molecule has 0 spiro atoms. The van der Waals surface area contributed by atoms with Gasteiger partial charge in [0.1, 0.15) is 0 Å². The average molecular weight is 407 g/mol. The van der Waals surface area contributed by atoms with Crippen molar-refractivity contribution in [3.63, 3.8) is 0 Å². The molecule has 1 heterocycles. The van der Waals surface area contributed by atoms with Gasteiger partial charge < -0.3 is 14.0 Å². The Bertz CT molecular complexity index is 622. The number of rotatable bonds is 12. The Morgan fingerprint density at radius 2 is 1.97 bits per heavy atom. The Labute approximate surface area is 175 Å². The van der Waals surface area contributed by atoms with Crippen molar-refractivity contribution in [2.24, 2.45) is 24.8 Å². The second-order valence-corrected chi connectivity index (χ2v) is 8.40. The molecular formula is C23H38N2O4. The number of unbranched alkanes of at least 4 members (excludes halogenated alkanes) is 1. The topological polar surface area (TPSA) is 70.4 Å². The maximum absolute atomic E-state index is 12.9. The van der Waals surface area contributed by atoms with E-state index in [0.717, 1.165) is 31.4 Å². The summed E-state index contributed by atoms with van der Waals surface area (Å²) < 4.78 is 13.2. The summed E-state index contributed by atoms with van der Waals surface area (Å²) in [5.41, 5.74) is 1.03. The third-order valence-electron chi connectivity index (χ3n) is 6.08. The van der Waals surface area contributed by atoms with Crippen molar-refractivity contribution in [3.8, 4) is 0 Å². The van der Waals surface area contributed by atoms with Gasteiger partial charge in [-0.05, 0) is 38.0 Å². The lowest BCUT2D eigenvalue weighted by Crippen LogP contribution is -2.32. The first-order chi connectivity index (χ1) is 14.0. The lowest BCUT2D eigenvalue weighted by atomic mass is 9.86. The fraction of sp³-hybridized carbons (Fsp3) is 0.783. The van der Waals surface area contributed by atoms with Crippen LogP contribution < -0.4 is 0 Å². The number of ether oxygens (including phenoxy) is 2. The van der Waals surface area contributed by atoms with Gasteiger partial charge in [0.25, 0.3) is 0 Å². The van der Waals surface area contributed by atoms with Gasteiger partial charge in [-0.2, -0.15) is 0 Å². The highest BCUT2D eigenvalue weighted by Crippen LogP contribution is 2.26. The van der Waals surface area contributed by atoms with Crippen LogP contribution in [0.5, 0.6) is 0 Å². The fourth-order valence-corrected chi connectivity index (χ4v) is 4.11. The number of aromatic nitrogens is 2. The molecule has 1 aromatic heterocycles. The van der Waals surface area contributed by atoms with Crippen molar-refractivity contribution in [1.29, 1.82) is 0 Å². The minimum atomic E-state index is -0.285. The third-order valence-corrected chi connectivity index (χ3v) is 6.08. The van der Waals surface area contributed by atoms with E-state index in [-0.39, 0.29) is 30.4 Å². The summed E-state index contributed by atoms with van der Waals surface area (Å²) in [6.07, 6.45) is 13.1. The normalized spacial score (nSPS) is 16.9. The van der Waals surface area contributed by atoms with E-state index >= 15 is 0 Å². The van der Waals surface area contributed by atoms with Crippen LogP contribution in [-0.2, 0) is 32.5 Å². The minimum absolute atomic E-state index is 0.111. The van der Waals surface area contributed by atoms with Gasteiger partial charge in [-0.15, -0.1) is 0 Å². The second kappa shape index (κ2) is 12.7. The maximum atomic E-state index is 12.9. The zero-order valence-electron chi connectivity index (χ0n) is 18.4. The smallest absolute Gasteiger partial charge is 0.309 e. The fourth-order valence-electron chi connectivity index (χ4n) is 4.11. The predicted octanol–water partition coefficient (Wildman–Crippen LogP) is 4.46. The molecule has 0 saturated heterocycles. The molecular weight excluding hydrogens is 368 g/mol. The molecule has 0 unspecified atom stereocenters. The molecule has 29 heavy (non-hydrogen) atoms. The van der Waals surface area contributed by atoms with E-state index in [1.54, 1.807) is 6.33 Å². The molecule has 2 rings (SSSR count). The number of nitrogens with zero attached hydrogens (tertiary/aromatic N) is 2. The van der Waals surface area contributed by atoms with Gasteiger partial charge in [-0.1, -0.05) is 39.5 Å². The molecule has 1 saturated carbocycles. The molecule has 6 heteroatoms. The van der Waals surface area contributed by atoms with Crippen LogP contribution in [-0.4, -0.2) is 34.7 Å². The molecule has 0 aliphatic heterocycles. The van der Waals surface area contributed by atoms with E-state index in [1.165, 1.54) is 19.3 Å². The van der Waals surface area contributed by atoms with Gasteiger partial charge in [-0.3, -0.25) is 9.59 Å². The monoisotopic (exact) mass is 406 g/mol. The van der Waals surface area contributed by atoms with E-state index in [2.05, 4.69) is 4.98 Å². The van der Waals surface area contributed by atoms with Crippen molar-refractivity contribution in [2.45, 2.75) is 78.1 Å². The first kappa shape index (κ1) is 23.4. The summed E-state index contributed by atoms with van der Waals surface area (Å²) in [7, 11) is 1.94. The third kappa shape index (κ3) is 7.82. The van der Waals surface area contributed by atoms with Gasteiger partial charge in [0, 0.05) is 31.3 Å². The van der Waals surface area contributed by atoms with Crippen molar-refractivity contribution in [2.75, 3.05) is 13.2 Å². The van der Waals surface area contributed by atoms with Gasteiger partial charge in [0.05, 0.1) is 25.5 Å². The lowest BCUT2D eigenvalue weighted by molar-refractivity contribution is -0.156. The number of esters is 2. The zero-order valence-corrected chi connectivity index (χ0v) is 18.4. The Morgan fingerprint density at radius 3 is 2.59 bits per heavy atom. The first-order valence-corrected chi connectivity index (χ1v) is 11.3. The summed E-state index contributed by atoms with van der Waals surface area (Å²) in [5.74, 6) is -0.248. The van der Waals surface area contributed by atoms with E-state index < -0.39 is 0 Å². The number of hydrogen-bond donors (Lipinski definition) is 0. The molecule has 164 valence electrons. The summed E-state index contributed by atoms with van der Waals surface area (Å²) in [4.78, 5) is 29.1. The van der Waals surface area contributed by atoms with Crippen LogP contribution >= 0.6 is 0 Å². The standard InChI is InChI=1S/C23H38N2O4/c1-4-6-12-22(26)28-16-19(13-20-14-24-17-25(20)3)21(5-2)23(27)29-15-18-10-8-7-9-11-18/h14,17-19,21H,4-13,15-16H2,1-3H3/t19-,21-/m0/s1. The zero-order chi connectivity index (χ0) is 21.1. The summed E-state index contributed by atoms with van der Waals surface area (Å²) >= 11 is 0. The minimum Gasteiger partial charge on any atom is -0.465 e. The van der Waals surface area contributed by atoms with Crippen LogP contribution in [0, 0.1) is 17.8 Å². The molecule has 0 N–H and O–H groups in total. The maximum Gasteiger partial charge on any atom is 0.309 e. The molecule has 1 aliphatic carbocycles. The number of imidazole rings is 1. The highest BCUT2D eigenvalue weighted by atomic mass is 16.5. The van der Waals surface area contributed by atoms with Crippen molar-refractivity contribution < 1.29 is 19.1 Å². The highest BCUT2D eigenvalue weighted by Gasteiger charge is 2.31. The van der Waals surface area contributed by atoms with Gasteiger partial charge in [0.2, 0.25) is 0 Å². The van der Waals surface area contributed by atoms with Gasteiger partial charge >= 0.3 is 11.9 Å². The highest BCUT2D eigenvalue weighted by molar-refractivity contribution is 5.73. The summed E-state index contributed by atoms with van der Waals surface area (Å²) in [6.45, 7) is 4.81. The number of carbonyl (C=O) groups excluding carboxylic acids is 2. The van der Waals surface area contributed by atoms with Gasteiger partial charge in [0.15, 0.2) is 0 Å². The Kier molecular flexibility index (Phi) is 10.2. The molecule has 2 atom stereocenters. The van der Waals surface area contributed by atoms with Crippen molar-refractivity contribution in [1.82, 2.24) is 9.55 Å². The van der Waals surface area contributed by atoms with Crippen LogP contribution in [0.2, 0.25) is 0 Å². The Hall–Kier alpha value is -1.85. The predicted molar refractivity (Wildman–Crippen MR) is 112 cm³/mol. The van der Waals surface area contributed by atoms with Crippen LogP contribution in [0.25, 0.3) is 0 Å². The van der Waals surface area contributed by atoms with E-state index in [1.807, 2.05) is 31.7 Å². The molecule has 0 aromatic carbocycles. The second-order valence-electron chi connectivity index (χ2n) is 8.40. The van der Waals surface area contributed by atoms with E-state index in [4.69, 9.17) is 9.47 Å². The van der Waals surface area contributed by atoms with Crippen molar-refractivity contribution >= 4 is 11.9 Å².